The molecule has 126 valence electrons. The molecular weight excluding hydrogens is 304 g/mol. The zero-order valence-corrected chi connectivity index (χ0v) is 13.6. The molecule has 0 radical (unpaired) electrons. The maximum absolute atomic E-state index is 12.6. The number of likely N-dealkylation sites (tertiary alicyclic amines) is 1. The summed E-state index contributed by atoms with van der Waals surface area (Å²) in [5.74, 6) is 0.640. The van der Waals surface area contributed by atoms with Gasteiger partial charge in [-0.05, 0) is 49.3 Å². The Bertz CT molecular complexity index is 697. The van der Waals surface area contributed by atoms with E-state index in [0.717, 1.165) is 44.3 Å². The number of benzene rings is 1. The van der Waals surface area contributed by atoms with Crippen LogP contribution in [-0.2, 0) is 6.42 Å². The molecule has 1 aromatic carbocycles. The van der Waals surface area contributed by atoms with Crippen LogP contribution in [0.3, 0.4) is 0 Å². The first-order valence-electron chi connectivity index (χ1n) is 8.25. The number of carbonyl (C=O) groups excluding carboxylic acids is 1. The van der Waals surface area contributed by atoms with E-state index in [1.54, 1.807) is 12.4 Å². The maximum Gasteiger partial charge on any atom is 0.255 e. The van der Waals surface area contributed by atoms with E-state index in [0.29, 0.717) is 17.2 Å². The topological polar surface area (TPSA) is 92.3 Å². The van der Waals surface area contributed by atoms with Crippen molar-refractivity contribution in [3.05, 3.63) is 48.0 Å². The van der Waals surface area contributed by atoms with Gasteiger partial charge in [0.25, 0.3) is 5.91 Å². The highest BCUT2D eigenvalue weighted by atomic mass is 16.3. The average molecular weight is 326 g/mol. The minimum absolute atomic E-state index is 0.0533. The number of nitrogen functional groups attached to an aromatic ring is 1. The first kappa shape index (κ1) is 16.2. The van der Waals surface area contributed by atoms with Crippen molar-refractivity contribution in [1.29, 1.82) is 0 Å². The smallest absolute Gasteiger partial charge is 0.255 e. The molecule has 3 N–H and O–H groups in total. The number of aromatic nitrogens is 2. The lowest BCUT2D eigenvalue weighted by Crippen LogP contribution is -2.38. The zero-order valence-electron chi connectivity index (χ0n) is 13.6. The molecule has 0 spiro atoms. The van der Waals surface area contributed by atoms with Crippen LogP contribution in [-0.4, -0.2) is 39.0 Å². The molecule has 1 aromatic heterocycles. The number of amides is 1. The molecule has 1 amide bonds. The monoisotopic (exact) mass is 326 g/mol. The summed E-state index contributed by atoms with van der Waals surface area (Å²) in [4.78, 5) is 22.5. The Morgan fingerprint density at radius 2 is 1.96 bits per heavy atom. The van der Waals surface area contributed by atoms with Crippen LogP contribution >= 0.6 is 0 Å². The lowest BCUT2D eigenvalue weighted by atomic mass is 9.90. The van der Waals surface area contributed by atoms with Gasteiger partial charge in [-0.1, -0.05) is 0 Å². The summed E-state index contributed by atoms with van der Waals surface area (Å²) in [5.41, 5.74) is 7.80. The van der Waals surface area contributed by atoms with Crippen molar-refractivity contribution in [3.8, 4) is 5.75 Å². The number of nitrogens with two attached hydrogens (primary N) is 1. The average Bonchev–Trinajstić information content (AvgIpc) is 2.61. The normalized spacial score (nSPS) is 15.4. The summed E-state index contributed by atoms with van der Waals surface area (Å²) >= 11 is 0. The van der Waals surface area contributed by atoms with E-state index in [2.05, 4.69) is 9.97 Å². The number of aromatic hydroxyl groups is 1. The van der Waals surface area contributed by atoms with Gasteiger partial charge in [0.05, 0.1) is 5.56 Å². The van der Waals surface area contributed by atoms with E-state index in [-0.39, 0.29) is 11.7 Å². The van der Waals surface area contributed by atoms with Crippen molar-refractivity contribution in [2.75, 3.05) is 18.8 Å². The van der Waals surface area contributed by atoms with E-state index < -0.39 is 0 Å². The van der Waals surface area contributed by atoms with Crippen LogP contribution in [0.4, 0.5) is 5.69 Å². The predicted molar refractivity (Wildman–Crippen MR) is 91.5 cm³/mol. The molecule has 0 aliphatic carbocycles. The highest BCUT2D eigenvalue weighted by molar-refractivity contribution is 5.99. The molecule has 2 heterocycles. The van der Waals surface area contributed by atoms with Gasteiger partial charge in [0, 0.05) is 37.2 Å². The Kier molecular flexibility index (Phi) is 4.93. The number of rotatable bonds is 4. The van der Waals surface area contributed by atoms with Gasteiger partial charge in [0.1, 0.15) is 12.1 Å². The van der Waals surface area contributed by atoms with E-state index in [4.69, 9.17) is 5.73 Å². The summed E-state index contributed by atoms with van der Waals surface area (Å²) in [6.45, 7) is 1.49. The van der Waals surface area contributed by atoms with E-state index in [1.165, 1.54) is 12.1 Å². The Balaban J connectivity index is 1.52. The van der Waals surface area contributed by atoms with E-state index >= 15 is 0 Å². The fourth-order valence-electron chi connectivity index (χ4n) is 3.17. The Labute approximate surface area is 141 Å². The first-order chi connectivity index (χ1) is 11.6. The molecule has 6 nitrogen and oxygen atoms in total. The van der Waals surface area contributed by atoms with Crippen molar-refractivity contribution in [3.63, 3.8) is 0 Å². The lowest BCUT2D eigenvalue weighted by Gasteiger charge is -2.32. The van der Waals surface area contributed by atoms with Gasteiger partial charge in [-0.3, -0.25) is 4.79 Å². The Morgan fingerprint density at radius 1 is 1.25 bits per heavy atom. The number of nitrogens with zero attached hydrogens (tertiary/aromatic N) is 3. The molecule has 0 unspecified atom stereocenters. The fraction of sp³-hybridized carbons (Fsp3) is 0.389. The molecule has 3 rings (SSSR count). The predicted octanol–water partition coefficient (Wildman–Crippen LogP) is 2.25. The van der Waals surface area contributed by atoms with E-state index in [1.807, 2.05) is 17.3 Å². The number of carbonyl (C=O) groups is 1. The summed E-state index contributed by atoms with van der Waals surface area (Å²) in [5, 5.41) is 9.40. The number of anilines is 1. The van der Waals surface area contributed by atoms with Crippen LogP contribution in [0, 0.1) is 5.92 Å². The van der Waals surface area contributed by atoms with Crippen LogP contribution in [0.1, 0.15) is 35.2 Å². The van der Waals surface area contributed by atoms with Crippen LogP contribution < -0.4 is 5.73 Å². The van der Waals surface area contributed by atoms with Gasteiger partial charge in [0.2, 0.25) is 0 Å². The molecule has 24 heavy (non-hydrogen) atoms. The molecule has 1 aliphatic rings. The maximum atomic E-state index is 12.6. The second kappa shape index (κ2) is 7.29. The van der Waals surface area contributed by atoms with Gasteiger partial charge in [-0.25, -0.2) is 9.97 Å². The van der Waals surface area contributed by atoms with Gasteiger partial charge in [-0.15, -0.1) is 0 Å². The lowest BCUT2D eigenvalue weighted by molar-refractivity contribution is 0.0688. The quantitative estimate of drug-likeness (QED) is 0.841. The van der Waals surface area contributed by atoms with Crippen LogP contribution in [0.15, 0.2) is 36.9 Å². The molecule has 0 bridgehead atoms. The number of piperidine rings is 1. The molecule has 2 aromatic rings. The standard InChI is InChI=1S/C18H22N4O2/c19-17-9-15(23)3-4-16(17)18(24)22-7-5-13(6-8-22)1-2-14-10-20-12-21-11-14/h3-4,9-13,23H,1-2,5-8,19H2. The molecule has 1 saturated heterocycles. The van der Waals surface area contributed by atoms with Crippen LogP contribution in [0.5, 0.6) is 5.75 Å². The highest BCUT2D eigenvalue weighted by Gasteiger charge is 2.24. The van der Waals surface area contributed by atoms with Crippen molar-refractivity contribution in [2.45, 2.75) is 25.7 Å². The van der Waals surface area contributed by atoms with Gasteiger partial charge in [0.15, 0.2) is 0 Å². The minimum Gasteiger partial charge on any atom is -0.508 e. The third kappa shape index (κ3) is 3.82. The molecule has 0 saturated carbocycles. The molecular formula is C18H22N4O2. The van der Waals surface area contributed by atoms with Crippen LogP contribution in [0.2, 0.25) is 0 Å². The molecule has 1 aliphatic heterocycles. The minimum atomic E-state index is -0.0533. The highest BCUT2D eigenvalue weighted by Crippen LogP contribution is 2.25. The summed E-state index contributed by atoms with van der Waals surface area (Å²) in [6, 6.07) is 4.51. The Morgan fingerprint density at radius 3 is 2.62 bits per heavy atom. The van der Waals surface area contributed by atoms with Gasteiger partial charge in [-0.2, -0.15) is 0 Å². The zero-order chi connectivity index (χ0) is 16.9. The summed E-state index contributed by atoms with van der Waals surface area (Å²) < 4.78 is 0. The van der Waals surface area contributed by atoms with Gasteiger partial charge < -0.3 is 15.7 Å². The fourth-order valence-corrected chi connectivity index (χ4v) is 3.17. The Hall–Kier alpha value is -2.63. The number of phenolic OH excluding ortho intramolecular Hbond substituents is 1. The van der Waals surface area contributed by atoms with Crippen LogP contribution in [0.25, 0.3) is 0 Å². The van der Waals surface area contributed by atoms with Crippen molar-refractivity contribution in [2.24, 2.45) is 5.92 Å². The van der Waals surface area contributed by atoms with E-state index in [9.17, 15) is 9.90 Å². The first-order valence-corrected chi connectivity index (χ1v) is 8.25. The van der Waals surface area contributed by atoms with Crippen molar-refractivity contribution < 1.29 is 9.90 Å². The van der Waals surface area contributed by atoms with Crippen molar-refractivity contribution >= 4 is 11.6 Å². The summed E-state index contributed by atoms with van der Waals surface area (Å²) in [6.07, 6.45) is 9.33. The number of hydrogen-bond donors (Lipinski definition) is 2. The molecule has 0 atom stereocenters. The summed E-state index contributed by atoms with van der Waals surface area (Å²) in [7, 11) is 0. The SMILES string of the molecule is Nc1cc(O)ccc1C(=O)N1CCC(CCc2cncnc2)CC1. The second-order valence-corrected chi connectivity index (χ2v) is 6.29. The third-order valence-corrected chi connectivity index (χ3v) is 4.62. The number of aryl methyl sites for hydroxylation is 1. The van der Waals surface area contributed by atoms with Crippen molar-refractivity contribution in [1.82, 2.24) is 14.9 Å². The number of hydrogen-bond acceptors (Lipinski definition) is 5. The number of phenols is 1. The largest absolute Gasteiger partial charge is 0.508 e. The second-order valence-electron chi connectivity index (χ2n) is 6.29. The third-order valence-electron chi connectivity index (χ3n) is 4.62. The molecule has 6 heteroatoms. The van der Waals surface area contributed by atoms with Gasteiger partial charge >= 0.3 is 0 Å². The molecule has 1 fully saturated rings.